The Morgan fingerprint density at radius 1 is 0.552 bits per heavy atom. The molecule has 0 unspecified atom stereocenters. The number of rotatable bonds is 5. The average Bonchev–Trinajstić information content (AvgIpc) is 2.97. The lowest BCUT2D eigenvalue weighted by Crippen LogP contribution is -2.17. The van der Waals surface area contributed by atoms with Crippen LogP contribution < -0.4 is 4.90 Å². The number of ether oxygens (including phenoxy) is 2. The summed E-state index contributed by atoms with van der Waals surface area (Å²) in [6.45, 7) is 0. The van der Waals surface area contributed by atoms with Crippen molar-refractivity contribution in [3.05, 3.63) is 126 Å². The maximum absolute atomic E-state index is 5.97. The number of hydrogen-bond donors (Lipinski definition) is 0. The highest BCUT2D eigenvalue weighted by atomic mass is 16.5. The molecule has 0 N–H and O–H groups in total. The van der Waals surface area contributed by atoms with E-state index in [-0.39, 0.29) is 11.8 Å². The lowest BCUT2D eigenvalue weighted by molar-refractivity contribution is 0.224. The third-order valence-corrected chi connectivity index (χ3v) is 5.32. The summed E-state index contributed by atoms with van der Waals surface area (Å²) in [6, 6.07) is 31.2. The summed E-state index contributed by atoms with van der Waals surface area (Å²) in [7, 11) is 3.48. The van der Waals surface area contributed by atoms with Gasteiger partial charge in [0.2, 0.25) is 0 Å². The molecule has 3 aromatic carbocycles. The van der Waals surface area contributed by atoms with Crippen molar-refractivity contribution >= 4 is 5.69 Å². The molecule has 0 amide bonds. The van der Waals surface area contributed by atoms with Crippen LogP contribution in [0.5, 0.6) is 0 Å². The molecule has 0 bridgehead atoms. The van der Waals surface area contributed by atoms with Gasteiger partial charge in [-0.1, -0.05) is 78.9 Å². The maximum Gasteiger partial charge on any atom is 0.121 e. The second-order valence-electron chi connectivity index (χ2n) is 6.99. The fraction of sp³-hybridized carbons (Fsp3) is 0.154. The Hall–Kier alpha value is -3.46. The van der Waals surface area contributed by atoms with Crippen LogP contribution in [0, 0.1) is 0 Å². The van der Waals surface area contributed by atoms with Crippen LogP contribution in [-0.4, -0.2) is 14.2 Å². The first-order chi connectivity index (χ1) is 14.3. The Labute approximate surface area is 172 Å². The molecule has 1 aliphatic heterocycles. The summed E-state index contributed by atoms with van der Waals surface area (Å²) < 4.78 is 11.9. The van der Waals surface area contributed by atoms with E-state index in [2.05, 4.69) is 78.0 Å². The molecular formula is C26H25NO2. The zero-order chi connectivity index (χ0) is 20.1. The summed E-state index contributed by atoms with van der Waals surface area (Å²) in [5.41, 5.74) is 3.43. The zero-order valence-electron chi connectivity index (χ0n) is 16.7. The van der Waals surface area contributed by atoms with Crippen LogP contribution in [0.25, 0.3) is 0 Å². The highest BCUT2D eigenvalue weighted by molar-refractivity contribution is 5.55. The number of benzene rings is 3. The summed E-state index contributed by atoms with van der Waals surface area (Å²) in [5, 5.41) is 0. The second kappa shape index (κ2) is 8.70. The van der Waals surface area contributed by atoms with Crippen molar-refractivity contribution in [3.63, 3.8) is 0 Å². The highest BCUT2D eigenvalue weighted by Crippen LogP contribution is 2.45. The summed E-state index contributed by atoms with van der Waals surface area (Å²) in [6.07, 6.45) is 4.13. The molecule has 0 saturated carbocycles. The molecule has 1 aliphatic rings. The topological polar surface area (TPSA) is 21.7 Å². The monoisotopic (exact) mass is 383 g/mol. The number of allylic oxidation sites excluding steroid dienone is 2. The Morgan fingerprint density at radius 2 is 0.931 bits per heavy atom. The van der Waals surface area contributed by atoms with Crippen LogP contribution in [0.1, 0.15) is 23.0 Å². The van der Waals surface area contributed by atoms with E-state index in [4.69, 9.17) is 9.47 Å². The molecule has 4 rings (SSSR count). The molecule has 0 aliphatic carbocycles. The van der Waals surface area contributed by atoms with Crippen molar-refractivity contribution in [1.29, 1.82) is 0 Å². The average molecular weight is 383 g/mol. The van der Waals surface area contributed by atoms with Gasteiger partial charge < -0.3 is 14.4 Å². The highest BCUT2D eigenvalue weighted by Gasteiger charge is 2.35. The van der Waals surface area contributed by atoms with Gasteiger partial charge in [-0.15, -0.1) is 0 Å². The van der Waals surface area contributed by atoms with Crippen molar-refractivity contribution in [3.8, 4) is 0 Å². The minimum Gasteiger partial charge on any atom is -0.499 e. The second-order valence-corrected chi connectivity index (χ2v) is 6.99. The van der Waals surface area contributed by atoms with Gasteiger partial charge in [0.05, 0.1) is 26.1 Å². The third kappa shape index (κ3) is 3.90. The first-order valence-electron chi connectivity index (χ1n) is 9.76. The van der Waals surface area contributed by atoms with Gasteiger partial charge in [0, 0.05) is 18.1 Å². The molecule has 0 spiro atoms. The van der Waals surface area contributed by atoms with Crippen LogP contribution in [0.3, 0.4) is 0 Å². The Kier molecular flexibility index (Phi) is 5.66. The van der Waals surface area contributed by atoms with E-state index in [0.29, 0.717) is 0 Å². The standard InChI is InChI=1S/C26H25NO2/c1-28-23-18-27(22-16-10-5-11-17-22)19-24(29-2)26(21-14-8-4-9-15-21)25(23)20-12-6-3-7-13-20/h3-19,25-26H,1-2H3/t25-,26-/m1/s1. The first-order valence-corrected chi connectivity index (χ1v) is 9.76. The predicted octanol–water partition coefficient (Wildman–Crippen LogP) is 6.05. The Morgan fingerprint density at radius 3 is 1.31 bits per heavy atom. The van der Waals surface area contributed by atoms with Crippen molar-refractivity contribution < 1.29 is 9.47 Å². The fourth-order valence-corrected chi connectivity index (χ4v) is 3.94. The normalized spacial score (nSPS) is 19.0. The van der Waals surface area contributed by atoms with E-state index in [0.717, 1.165) is 17.2 Å². The number of methoxy groups -OCH3 is 2. The van der Waals surface area contributed by atoms with Crippen LogP contribution in [0.15, 0.2) is 115 Å². The van der Waals surface area contributed by atoms with Crippen molar-refractivity contribution in [1.82, 2.24) is 0 Å². The molecule has 0 aromatic heterocycles. The molecule has 0 radical (unpaired) electrons. The molecule has 29 heavy (non-hydrogen) atoms. The van der Waals surface area contributed by atoms with Gasteiger partial charge in [-0.05, 0) is 23.3 Å². The molecular weight excluding hydrogens is 358 g/mol. The minimum atomic E-state index is -0.0106. The summed E-state index contributed by atoms with van der Waals surface area (Å²) in [5.74, 6) is 1.75. The van der Waals surface area contributed by atoms with Gasteiger partial charge in [-0.25, -0.2) is 0 Å². The molecule has 3 nitrogen and oxygen atoms in total. The van der Waals surface area contributed by atoms with Crippen molar-refractivity contribution in [2.75, 3.05) is 19.1 Å². The molecule has 0 fully saturated rings. The number of para-hydroxylation sites is 1. The van der Waals surface area contributed by atoms with Crippen LogP contribution in [0.4, 0.5) is 5.69 Å². The summed E-state index contributed by atoms with van der Waals surface area (Å²) in [4.78, 5) is 2.08. The molecule has 2 atom stereocenters. The maximum atomic E-state index is 5.97. The van der Waals surface area contributed by atoms with Crippen LogP contribution >= 0.6 is 0 Å². The molecule has 1 heterocycles. The van der Waals surface area contributed by atoms with Gasteiger partial charge in [0.25, 0.3) is 0 Å². The smallest absolute Gasteiger partial charge is 0.121 e. The van der Waals surface area contributed by atoms with Gasteiger partial charge in [-0.3, -0.25) is 0 Å². The fourth-order valence-electron chi connectivity index (χ4n) is 3.94. The van der Waals surface area contributed by atoms with E-state index in [1.807, 2.05) is 30.3 Å². The van der Waals surface area contributed by atoms with Gasteiger partial charge in [0.15, 0.2) is 0 Å². The molecule has 3 heteroatoms. The quantitative estimate of drug-likeness (QED) is 0.535. The van der Waals surface area contributed by atoms with Gasteiger partial charge in [-0.2, -0.15) is 0 Å². The third-order valence-electron chi connectivity index (χ3n) is 5.32. The largest absolute Gasteiger partial charge is 0.499 e. The van der Waals surface area contributed by atoms with E-state index in [1.165, 1.54) is 11.1 Å². The van der Waals surface area contributed by atoms with Crippen LogP contribution in [0.2, 0.25) is 0 Å². The SMILES string of the molecule is COC1=CN(c2ccccc2)C=C(OC)[C@@H](c2ccccc2)[C@@H]1c1ccccc1. The first kappa shape index (κ1) is 18.9. The van der Waals surface area contributed by atoms with E-state index >= 15 is 0 Å². The Balaban J connectivity index is 1.93. The molecule has 0 saturated heterocycles. The van der Waals surface area contributed by atoms with E-state index in [1.54, 1.807) is 14.2 Å². The van der Waals surface area contributed by atoms with Gasteiger partial charge in [0.1, 0.15) is 11.5 Å². The Bertz CT molecular complexity index is 917. The summed E-state index contributed by atoms with van der Waals surface area (Å²) >= 11 is 0. The van der Waals surface area contributed by atoms with Crippen molar-refractivity contribution in [2.45, 2.75) is 11.8 Å². The zero-order valence-corrected chi connectivity index (χ0v) is 16.7. The lowest BCUT2D eigenvalue weighted by atomic mass is 9.79. The predicted molar refractivity (Wildman–Crippen MR) is 117 cm³/mol. The van der Waals surface area contributed by atoms with Gasteiger partial charge >= 0.3 is 0 Å². The van der Waals surface area contributed by atoms with Crippen molar-refractivity contribution in [2.24, 2.45) is 0 Å². The number of nitrogens with zero attached hydrogens (tertiary/aromatic N) is 1. The number of anilines is 1. The number of hydrogen-bond acceptors (Lipinski definition) is 3. The van der Waals surface area contributed by atoms with E-state index < -0.39 is 0 Å². The molecule has 146 valence electrons. The van der Waals surface area contributed by atoms with Crippen LogP contribution in [-0.2, 0) is 9.47 Å². The minimum absolute atomic E-state index is 0.0106. The molecule has 3 aromatic rings. The van der Waals surface area contributed by atoms with E-state index in [9.17, 15) is 0 Å². The lowest BCUT2D eigenvalue weighted by Gasteiger charge is -2.29.